The summed E-state index contributed by atoms with van der Waals surface area (Å²) in [5, 5.41) is 0. The van der Waals surface area contributed by atoms with E-state index in [1.807, 2.05) is 0 Å². The second kappa shape index (κ2) is 7.65. The Balaban J connectivity index is 1.51. The lowest BCUT2D eigenvalue weighted by atomic mass is 10.1. The van der Waals surface area contributed by atoms with Gasteiger partial charge in [0.2, 0.25) is 0 Å². The smallest absolute Gasteiger partial charge is 0.119 e. The van der Waals surface area contributed by atoms with Crippen LogP contribution in [-0.2, 0) is 6.54 Å². The van der Waals surface area contributed by atoms with Gasteiger partial charge in [0.1, 0.15) is 11.9 Å². The largest absolute Gasteiger partial charge is 0.490 e. The number of hydrogen-bond acceptors (Lipinski definition) is 2. The molecule has 0 amide bonds. The van der Waals surface area contributed by atoms with Gasteiger partial charge in [0.05, 0.1) is 0 Å². The summed E-state index contributed by atoms with van der Waals surface area (Å²) < 4.78 is 6.29. The molecule has 3 rings (SSSR count). The van der Waals surface area contributed by atoms with E-state index in [0.29, 0.717) is 6.10 Å². The maximum atomic E-state index is 6.29. The van der Waals surface area contributed by atoms with Gasteiger partial charge < -0.3 is 9.64 Å². The molecule has 2 aromatic rings. The molecule has 1 unspecified atom stereocenters. The third kappa shape index (κ3) is 5.11. The number of hydrogen-bond donors (Lipinski definition) is 0. The topological polar surface area (TPSA) is 12.5 Å². The Kier molecular flexibility index (Phi) is 5.35. The molecule has 0 radical (unpaired) electrons. The first-order valence-corrected chi connectivity index (χ1v) is 8.66. The number of rotatable bonds is 8. The molecule has 0 bridgehead atoms. The van der Waals surface area contributed by atoms with Crippen LogP contribution in [0.4, 0.5) is 0 Å². The molecule has 0 aromatic heterocycles. The Bertz CT molecular complexity index is 606. The monoisotopic (exact) mass is 309 g/mol. The average molecular weight is 309 g/mol. The zero-order valence-electron chi connectivity index (χ0n) is 14.2. The standard InChI is InChI=1S/C21H27NO/c1-17-7-6-10-20(15-17)23-21(19-11-12-19)13-14-22(2)16-18-8-4-3-5-9-18/h3-10,15,19,21H,11-14,16H2,1-2H3. The summed E-state index contributed by atoms with van der Waals surface area (Å²) in [5.74, 6) is 1.77. The predicted molar refractivity (Wildman–Crippen MR) is 95.7 cm³/mol. The first-order valence-electron chi connectivity index (χ1n) is 8.66. The highest BCUT2D eigenvalue weighted by molar-refractivity contribution is 5.27. The second-order valence-electron chi connectivity index (χ2n) is 6.82. The van der Waals surface area contributed by atoms with Crippen LogP contribution in [-0.4, -0.2) is 24.6 Å². The zero-order chi connectivity index (χ0) is 16.1. The van der Waals surface area contributed by atoms with Crippen LogP contribution in [0, 0.1) is 12.8 Å². The SMILES string of the molecule is Cc1cccc(OC(CCN(C)Cc2ccccc2)C2CC2)c1. The van der Waals surface area contributed by atoms with Gasteiger partial charge in [-0.2, -0.15) is 0 Å². The Morgan fingerprint density at radius 3 is 2.57 bits per heavy atom. The lowest BCUT2D eigenvalue weighted by molar-refractivity contribution is 0.149. The molecular weight excluding hydrogens is 282 g/mol. The number of ether oxygens (including phenoxy) is 1. The minimum atomic E-state index is 0.357. The van der Waals surface area contributed by atoms with Crippen LogP contribution in [0.2, 0.25) is 0 Å². The van der Waals surface area contributed by atoms with E-state index in [-0.39, 0.29) is 0 Å². The van der Waals surface area contributed by atoms with Crippen LogP contribution in [0.1, 0.15) is 30.4 Å². The van der Waals surface area contributed by atoms with Crippen molar-refractivity contribution in [2.45, 2.75) is 38.8 Å². The van der Waals surface area contributed by atoms with Crippen molar-refractivity contribution in [3.8, 4) is 5.75 Å². The number of aryl methyl sites for hydroxylation is 1. The van der Waals surface area contributed by atoms with Crippen molar-refractivity contribution in [3.05, 3.63) is 65.7 Å². The average Bonchev–Trinajstić information content (AvgIpc) is 3.37. The molecule has 1 aliphatic rings. The summed E-state index contributed by atoms with van der Waals surface area (Å²) in [7, 11) is 2.20. The molecule has 2 nitrogen and oxygen atoms in total. The Morgan fingerprint density at radius 2 is 1.87 bits per heavy atom. The highest BCUT2D eigenvalue weighted by Crippen LogP contribution is 2.36. The van der Waals surface area contributed by atoms with E-state index in [9.17, 15) is 0 Å². The minimum Gasteiger partial charge on any atom is -0.490 e. The lowest BCUT2D eigenvalue weighted by Crippen LogP contribution is -2.27. The quantitative estimate of drug-likeness (QED) is 0.702. The fourth-order valence-electron chi connectivity index (χ4n) is 3.04. The molecule has 2 heteroatoms. The van der Waals surface area contributed by atoms with Crippen molar-refractivity contribution in [1.29, 1.82) is 0 Å². The first-order chi connectivity index (χ1) is 11.2. The van der Waals surface area contributed by atoms with E-state index in [1.165, 1.54) is 24.0 Å². The van der Waals surface area contributed by atoms with Gasteiger partial charge >= 0.3 is 0 Å². The fourth-order valence-corrected chi connectivity index (χ4v) is 3.04. The number of nitrogens with zero attached hydrogens (tertiary/aromatic N) is 1. The second-order valence-corrected chi connectivity index (χ2v) is 6.82. The van der Waals surface area contributed by atoms with E-state index < -0.39 is 0 Å². The van der Waals surface area contributed by atoms with Crippen LogP contribution in [0.15, 0.2) is 54.6 Å². The summed E-state index contributed by atoms with van der Waals surface area (Å²) >= 11 is 0. The van der Waals surface area contributed by atoms with E-state index in [2.05, 4.69) is 73.5 Å². The molecule has 0 saturated heterocycles. The minimum absolute atomic E-state index is 0.357. The molecule has 0 N–H and O–H groups in total. The van der Waals surface area contributed by atoms with Gasteiger partial charge in [-0.1, -0.05) is 42.5 Å². The first kappa shape index (κ1) is 16.1. The normalized spacial score (nSPS) is 15.6. The summed E-state index contributed by atoms with van der Waals surface area (Å²) in [4.78, 5) is 2.39. The molecule has 2 aromatic carbocycles. The summed E-state index contributed by atoms with van der Waals surface area (Å²) in [5.41, 5.74) is 2.64. The molecule has 0 spiro atoms. The van der Waals surface area contributed by atoms with Crippen LogP contribution >= 0.6 is 0 Å². The molecule has 1 fully saturated rings. The van der Waals surface area contributed by atoms with Crippen molar-refractivity contribution in [1.82, 2.24) is 4.90 Å². The Labute approximate surface area is 140 Å². The Hall–Kier alpha value is -1.80. The third-order valence-corrected chi connectivity index (χ3v) is 4.52. The molecule has 1 atom stereocenters. The summed E-state index contributed by atoms with van der Waals surface area (Å²) in [6, 6.07) is 19.1. The van der Waals surface area contributed by atoms with Gasteiger partial charge in [-0.25, -0.2) is 0 Å². The number of benzene rings is 2. The third-order valence-electron chi connectivity index (χ3n) is 4.52. The lowest BCUT2D eigenvalue weighted by Gasteiger charge is -2.23. The van der Waals surface area contributed by atoms with Gasteiger partial charge in [0.15, 0.2) is 0 Å². The van der Waals surface area contributed by atoms with Crippen LogP contribution in [0.3, 0.4) is 0 Å². The highest BCUT2D eigenvalue weighted by Gasteiger charge is 2.32. The van der Waals surface area contributed by atoms with Crippen molar-refractivity contribution >= 4 is 0 Å². The van der Waals surface area contributed by atoms with E-state index >= 15 is 0 Å². The molecular formula is C21H27NO. The van der Waals surface area contributed by atoms with Crippen LogP contribution in [0.5, 0.6) is 5.75 Å². The summed E-state index contributed by atoms with van der Waals surface area (Å²) in [6.07, 6.45) is 4.09. The van der Waals surface area contributed by atoms with Crippen LogP contribution < -0.4 is 4.74 Å². The van der Waals surface area contributed by atoms with Gasteiger partial charge in [0, 0.05) is 13.1 Å². The maximum absolute atomic E-state index is 6.29. The van der Waals surface area contributed by atoms with Crippen molar-refractivity contribution in [2.75, 3.05) is 13.6 Å². The molecule has 122 valence electrons. The van der Waals surface area contributed by atoms with Crippen molar-refractivity contribution < 1.29 is 4.74 Å². The molecule has 0 heterocycles. The van der Waals surface area contributed by atoms with Crippen LogP contribution in [0.25, 0.3) is 0 Å². The Morgan fingerprint density at radius 1 is 1.09 bits per heavy atom. The van der Waals surface area contributed by atoms with E-state index in [4.69, 9.17) is 4.74 Å². The van der Waals surface area contributed by atoms with E-state index in [1.54, 1.807) is 0 Å². The highest BCUT2D eigenvalue weighted by atomic mass is 16.5. The summed E-state index contributed by atoms with van der Waals surface area (Å²) in [6.45, 7) is 4.19. The van der Waals surface area contributed by atoms with Gasteiger partial charge in [-0.3, -0.25) is 0 Å². The zero-order valence-corrected chi connectivity index (χ0v) is 14.2. The fraction of sp³-hybridized carbons (Fsp3) is 0.429. The maximum Gasteiger partial charge on any atom is 0.119 e. The molecule has 1 aliphatic carbocycles. The van der Waals surface area contributed by atoms with Crippen molar-refractivity contribution in [3.63, 3.8) is 0 Å². The predicted octanol–water partition coefficient (Wildman–Crippen LogP) is 4.67. The van der Waals surface area contributed by atoms with Gasteiger partial charge in [0.25, 0.3) is 0 Å². The molecule has 0 aliphatic heterocycles. The van der Waals surface area contributed by atoms with Crippen molar-refractivity contribution in [2.24, 2.45) is 5.92 Å². The van der Waals surface area contributed by atoms with E-state index in [0.717, 1.165) is 31.2 Å². The molecule has 1 saturated carbocycles. The molecule has 23 heavy (non-hydrogen) atoms. The van der Waals surface area contributed by atoms with Gasteiger partial charge in [-0.15, -0.1) is 0 Å². The van der Waals surface area contributed by atoms with Gasteiger partial charge in [-0.05, 0) is 62.4 Å².